The molecule has 0 bridgehead atoms. The summed E-state index contributed by atoms with van der Waals surface area (Å²) in [5.41, 5.74) is 4.01. The third-order valence-corrected chi connectivity index (χ3v) is 5.55. The van der Waals surface area contributed by atoms with Crippen molar-refractivity contribution >= 4 is 12.0 Å². The molecule has 28 heavy (non-hydrogen) atoms. The quantitative estimate of drug-likeness (QED) is 0.885. The van der Waals surface area contributed by atoms with E-state index in [-0.39, 0.29) is 11.8 Å². The average molecular weight is 383 g/mol. The Bertz CT molecular complexity index is 866. The van der Waals surface area contributed by atoms with E-state index in [9.17, 15) is 9.18 Å². The molecule has 0 atom stereocenters. The number of halogens is 1. The summed E-state index contributed by atoms with van der Waals surface area (Å²) < 4.78 is 13.3. The lowest BCUT2D eigenvalue weighted by atomic mass is 10.1. The number of fused-ring (bicyclic) bond motifs is 1. The van der Waals surface area contributed by atoms with Gasteiger partial charge in [-0.25, -0.2) is 19.2 Å². The molecule has 1 aromatic heterocycles. The van der Waals surface area contributed by atoms with Crippen LogP contribution in [0.1, 0.15) is 35.4 Å². The zero-order valence-corrected chi connectivity index (χ0v) is 16.2. The van der Waals surface area contributed by atoms with Gasteiger partial charge in [0, 0.05) is 44.8 Å². The van der Waals surface area contributed by atoms with Crippen molar-refractivity contribution in [2.24, 2.45) is 0 Å². The SMILES string of the molecule is Cc1nc(N2CCCC2)nc2c1CCN(C(=O)NCc1cccc(F)c1)CC2. The summed E-state index contributed by atoms with van der Waals surface area (Å²) in [6.45, 7) is 5.66. The second-order valence-corrected chi connectivity index (χ2v) is 7.50. The Hall–Kier alpha value is -2.70. The standard InChI is InChI=1S/C21H26FN5O/c1-15-18-7-11-27(21(28)23-14-16-5-4-6-17(22)13-16)12-8-19(18)25-20(24-15)26-9-2-3-10-26/h4-6,13H,2-3,7-12,14H2,1H3,(H,23,28). The van der Waals surface area contributed by atoms with Crippen molar-refractivity contribution in [1.82, 2.24) is 20.2 Å². The number of hydrogen-bond donors (Lipinski definition) is 1. The van der Waals surface area contributed by atoms with Crippen LogP contribution in [0, 0.1) is 12.7 Å². The van der Waals surface area contributed by atoms with Crippen molar-refractivity contribution in [3.8, 4) is 0 Å². The minimum absolute atomic E-state index is 0.123. The first-order valence-corrected chi connectivity index (χ1v) is 9.99. The third kappa shape index (κ3) is 4.08. The topological polar surface area (TPSA) is 61.4 Å². The van der Waals surface area contributed by atoms with Crippen LogP contribution in [0.3, 0.4) is 0 Å². The number of aromatic nitrogens is 2. The highest BCUT2D eigenvalue weighted by atomic mass is 19.1. The molecule has 0 radical (unpaired) electrons. The zero-order chi connectivity index (χ0) is 19.5. The molecule has 0 spiro atoms. The van der Waals surface area contributed by atoms with Crippen molar-refractivity contribution < 1.29 is 9.18 Å². The first-order chi connectivity index (χ1) is 13.6. The van der Waals surface area contributed by atoms with Gasteiger partial charge in [-0.05, 0) is 49.4 Å². The Morgan fingerprint density at radius 1 is 1.14 bits per heavy atom. The lowest BCUT2D eigenvalue weighted by molar-refractivity contribution is 0.199. The molecule has 2 aliphatic rings. The predicted molar refractivity (Wildman–Crippen MR) is 106 cm³/mol. The number of hydrogen-bond acceptors (Lipinski definition) is 4. The maximum atomic E-state index is 13.3. The molecular formula is C21H26FN5O. The van der Waals surface area contributed by atoms with Crippen LogP contribution in [-0.2, 0) is 19.4 Å². The van der Waals surface area contributed by atoms with Crippen molar-refractivity contribution in [1.29, 1.82) is 0 Å². The van der Waals surface area contributed by atoms with Crippen molar-refractivity contribution in [3.63, 3.8) is 0 Å². The summed E-state index contributed by atoms with van der Waals surface area (Å²) in [6.07, 6.45) is 3.87. The van der Waals surface area contributed by atoms with Crippen molar-refractivity contribution in [3.05, 3.63) is 52.6 Å². The molecule has 0 saturated carbocycles. The van der Waals surface area contributed by atoms with E-state index in [1.165, 1.54) is 30.5 Å². The van der Waals surface area contributed by atoms with Gasteiger partial charge in [0.05, 0.1) is 5.69 Å². The predicted octanol–water partition coefficient (Wildman–Crippen LogP) is 2.83. The monoisotopic (exact) mass is 383 g/mol. The van der Waals surface area contributed by atoms with Crippen molar-refractivity contribution in [2.45, 2.75) is 39.2 Å². The molecular weight excluding hydrogens is 357 g/mol. The van der Waals surface area contributed by atoms with Crippen LogP contribution < -0.4 is 10.2 Å². The molecule has 3 heterocycles. The maximum Gasteiger partial charge on any atom is 0.317 e. The summed E-state index contributed by atoms with van der Waals surface area (Å²) in [7, 11) is 0. The van der Waals surface area contributed by atoms with Crippen LogP contribution in [0.15, 0.2) is 24.3 Å². The smallest absolute Gasteiger partial charge is 0.317 e. The fourth-order valence-corrected chi connectivity index (χ4v) is 3.97. The normalized spacial score (nSPS) is 16.6. The van der Waals surface area contributed by atoms with Gasteiger partial charge in [-0.1, -0.05) is 12.1 Å². The molecule has 0 unspecified atom stereocenters. The van der Waals surface area contributed by atoms with E-state index in [2.05, 4.69) is 10.2 Å². The van der Waals surface area contributed by atoms with E-state index >= 15 is 0 Å². The second kappa shape index (κ2) is 8.12. The van der Waals surface area contributed by atoms with Crippen molar-refractivity contribution in [2.75, 3.05) is 31.1 Å². The summed E-state index contributed by atoms with van der Waals surface area (Å²) in [4.78, 5) is 26.2. The number of benzene rings is 1. The van der Waals surface area contributed by atoms with E-state index in [1.807, 2.05) is 11.8 Å². The molecule has 6 nitrogen and oxygen atoms in total. The molecule has 1 aromatic carbocycles. The van der Waals surface area contributed by atoms with Gasteiger partial charge < -0.3 is 15.1 Å². The lowest BCUT2D eigenvalue weighted by Gasteiger charge is -2.20. The molecule has 7 heteroatoms. The van der Waals surface area contributed by atoms with Crippen LogP contribution in [0.5, 0.6) is 0 Å². The fourth-order valence-electron chi connectivity index (χ4n) is 3.97. The molecule has 2 amide bonds. The highest BCUT2D eigenvalue weighted by Gasteiger charge is 2.23. The van der Waals surface area contributed by atoms with Crippen LogP contribution >= 0.6 is 0 Å². The number of nitrogens with zero attached hydrogens (tertiary/aromatic N) is 4. The second-order valence-electron chi connectivity index (χ2n) is 7.50. The molecule has 1 fully saturated rings. The Balaban J connectivity index is 1.41. The van der Waals surface area contributed by atoms with Crippen LogP contribution in [0.2, 0.25) is 0 Å². The molecule has 2 aromatic rings. The van der Waals surface area contributed by atoms with Gasteiger partial charge in [-0.15, -0.1) is 0 Å². The Kier molecular flexibility index (Phi) is 5.41. The van der Waals surface area contributed by atoms with Crippen LogP contribution in [-0.4, -0.2) is 47.1 Å². The van der Waals surface area contributed by atoms with Gasteiger partial charge in [0.25, 0.3) is 0 Å². The van der Waals surface area contributed by atoms with E-state index in [0.29, 0.717) is 19.6 Å². The first-order valence-electron chi connectivity index (χ1n) is 9.99. The minimum atomic E-state index is -0.292. The summed E-state index contributed by atoms with van der Waals surface area (Å²) in [6, 6.07) is 6.18. The number of urea groups is 1. The molecule has 0 aliphatic carbocycles. The van der Waals surface area contributed by atoms with Gasteiger partial charge >= 0.3 is 6.03 Å². The molecule has 2 aliphatic heterocycles. The van der Waals surface area contributed by atoms with E-state index < -0.39 is 0 Å². The molecule has 148 valence electrons. The third-order valence-electron chi connectivity index (χ3n) is 5.55. The Labute approximate surface area is 164 Å². The molecule has 1 saturated heterocycles. The van der Waals surface area contributed by atoms with Crippen LogP contribution in [0.25, 0.3) is 0 Å². The van der Waals surface area contributed by atoms with Gasteiger partial charge in [0.15, 0.2) is 0 Å². The number of carbonyl (C=O) groups is 1. The minimum Gasteiger partial charge on any atom is -0.341 e. The van der Waals surface area contributed by atoms with E-state index in [4.69, 9.17) is 9.97 Å². The highest BCUT2D eigenvalue weighted by Crippen LogP contribution is 2.22. The molecule has 1 N–H and O–H groups in total. The number of carbonyl (C=O) groups excluding carboxylic acids is 1. The van der Waals surface area contributed by atoms with Gasteiger partial charge in [0.1, 0.15) is 5.82 Å². The Morgan fingerprint density at radius 2 is 1.93 bits per heavy atom. The van der Waals surface area contributed by atoms with Gasteiger partial charge in [-0.3, -0.25) is 0 Å². The van der Waals surface area contributed by atoms with Crippen LogP contribution in [0.4, 0.5) is 15.1 Å². The number of nitrogens with one attached hydrogen (secondary N) is 1. The lowest BCUT2D eigenvalue weighted by Crippen LogP contribution is -2.41. The zero-order valence-electron chi connectivity index (χ0n) is 16.2. The number of aryl methyl sites for hydroxylation is 1. The summed E-state index contributed by atoms with van der Waals surface area (Å²) >= 11 is 0. The maximum absolute atomic E-state index is 13.3. The van der Waals surface area contributed by atoms with Gasteiger partial charge in [-0.2, -0.15) is 0 Å². The van der Waals surface area contributed by atoms with E-state index in [0.717, 1.165) is 48.8 Å². The number of amides is 2. The average Bonchev–Trinajstić information content (AvgIpc) is 3.13. The highest BCUT2D eigenvalue weighted by molar-refractivity contribution is 5.74. The fraction of sp³-hybridized carbons (Fsp3) is 0.476. The summed E-state index contributed by atoms with van der Waals surface area (Å²) in [5, 5.41) is 2.90. The Morgan fingerprint density at radius 3 is 2.71 bits per heavy atom. The number of rotatable bonds is 3. The van der Waals surface area contributed by atoms with Gasteiger partial charge in [0.2, 0.25) is 5.95 Å². The first kappa shape index (κ1) is 18.7. The molecule has 4 rings (SSSR count). The number of anilines is 1. The summed E-state index contributed by atoms with van der Waals surface area (Å²) in [5.74, 6) is 0.539. The van der Waals surface area contributed by atoms with E-state index in [1.54, 1.807) is 12.1 Å². The largest absolute Gasteiger partial charge is 0.341 e.